The van der Waals surface area contributed by atoms with E-state index in [0.717, 1.165) is 29.0 Å². The maximum absolute atomic E-state index is 12.8. The first-order valence-electron chi connectivity index (χ1n) is 9.97. The summed E-state index contributed by atoms with van der Waals surface area (Å²) in [6.45, 7) is 8.03. The van der Waals surface area contributed by atoms with Crippen LogP contribution in [0.3, 0.4) is 0 Å². The topological polar surface area (TPSA) is 50.8 Å². The number of fused-ring (bicyclic) bond motifs is 1. The molecule has 28 heavy (non-hydrogen) atoms. The SMILES string of the molecule is CCc1ccc(CN(C)C(=O)N[C@@H](c2ccc3c(c2)OCCO3)C(C)C)cc1. The maximum atomic E-state index is 12.8. The van der Waals surface area contributed by atoms with Gasteiger partial charge in [-0.1, -0.05) is 51.1 Å². The van der Waals surface area contributed by atoms with Crippen LogP contribution in [0, 0.1) is 5.92 Å². The van der Waals surface area contributed by atoms with E-state index in [0.29, 0.717) is 19.8 Å². The molecule has 0 radical (unpaired) electrons. The van der Waals surface area contributed by atoms with Gasteiger partial charge in [0, 0.05) is 13.6 Å². The highest BCUT2D eigenvalue weighted by atomic mass is 16.6. The van der Waals surface area contributed by atoms with Gasteiger partial charge in [-0.15, -0.1) is 0 Å². The van der Waals surface area contributed by atoms with Crippen LogP contribution >= 0.6 is 0 Å². The molecule has 3 rings (SSSR count). The lowest BCUT2D eigenvalue weighted by molar-refractivity contribution is 0.171. The van der Waals surface area contributed by atoms with Gasteiger partial charge in [0.25, 0.3) is 0 Å². The van der Waals surface area contributed by atoms with Crippen LogP contribution in [0.1, 0.15) is 43.5 Å². The van der Waals surface area contributed by atoms with E-state index in [-0.39, 0.29) is 18.0 Å². The van der Waals surface area contributed by atoms with Gasteiger partial charge < -0.3 is 19.7 Å². The number of carbonyl (C=O) groups is 1. The zero-order valence-corrected chi connectivity index (χ0v) is 17.2. The van der Waals surface area contributed by atoms with Crippen LogP contribution in [-0.4, -0.2) is 31.2 Å². The maximum Gasteiger partial charge on any atom is 0.317 e. The number of carbonyl (C=O) groups excluding carboxylic acids is 1. The molecule has 0 aliphatic carbocycles. The number of amides is 2. The Morgan fingerprint density at radius 2 is 1.68 bits per heavy atom. The van der Waals surface area contributed by atoms with Crippen molar-refractivity contribution in [1.29, 1.82) is 0 Å². The second-order valence-corrected chi connectivity index (χ2v) is 7.60. The van der Waals surface area contributed by atoms with Crippen LogP contribution in [0.5, 0.6) is 11.5 Å². The minimum absolute atomic E-state index is 0.0897. The number of benzene rings is 2. The number of rotatable bonds is 6. The van der Waals surface area contributed by atoms with E-state index in [4.69, 9.17) is 9.47 Å². The summed E-state index contributed by atoms with van der Waals surface area (Å²) in [7, 11) is 1.82. The van der Waals surface area contributed by atoms with Gasteiger partial charge in [-0.2, -0.15) is 0 Å². The molecule has 5 heteroatoms. The van der Waals surface area contributed by atoms with E-state index in [2.05, 4.69) is 50.4 Å². The van der Waals surface area contributed by atoms with E-state index < -0.39 is 0 Å². The minimum atomic E-state index is -0.103. The largest absolute Gasteiger partial charge is 0.486 e. The molecular weight excluding hydrogens is 352 g/mol. The van der Waals surface area contributed by atoms with Crippen LogP contribution in [0.25, 0.3) is 0 Å². The van der Waals surface area contributed by atoms with Crippen LogP contribution in [0.2, 0.25) is 0 Å². The fourth-order valence-corrected chi connectivity index (χ4v) is 3.36. The fraction of sp³-hybridized carbons (Fsp3) is 0.435. The Hall–Kier alpha value is -2.69. The second-order valence-electron chi connectivity index (χ2n) is 7.60. The van der Waals surface area contributed by atoms with Crippen molar-refractivity contribution in [3.05, 3.63) is 59.2 Å². The lowest BCUT2D eigenvalue weighted by Crippen LogP contribution is -2.40. The third kappa shape index (κ3) is 4.77. The Balaban J connectivity index is 1.68. The molecule has 1 aliphatic rings. The summed E-state index contributed by atoms with van der Waals surface area (Å²) >= 11 is 0. The smallest absolute Gasteiger partial charge is 0.317 e. The van der Waals surface area contributed by atoms with Gasteiger partial charge >= 0.3 is 6.03 Å². The molecule has 2 aromatic rings. The summed E-state index contributed by atoms with van der Waals surface area (Å²) in [5, 5.41) is 3.17. The number of nitrogens with zero attached hydrogens (tertiary/aromatic N) is 1. The molecule has 2 amide bonds. The summed E-state index contributed by atoms with van der Waals surface area (Å²) in [4.78, 5) is 14.5. The van der Waals surface area contributed by atoms with Gasteiger partial charge in [0.2, 0.25) is 0 Å². The van der Waals surface area contributed by atoms with Crippen molar-refractivity contribution >= 4 is 6.03 Å². The van der Waals surface area contributed by atoms with E-state index in [1.54, 1.807) is 4.90 Å². The number of nitrogens with one attached hydrogen (secondary N) is 1. The van der Waals surface area contributed by atoms with Gasteiger partial charge in [0.05, 0.1) is 6.04 Å². The first-order chi connectivity index (χ1) is 13.5. The van der Waals surface area contributed by atoms with Gasteiger partial charge in [-0.25, -0.2) is 4.79 Å². The van der Waals surface area contributed by atoms with Crippen LogP contribution in [0.4, 0.5) is 4.79 Å². The number of urea groups is 1. The quantitative estimate of drug-likeness (QED) is 0.797. The molecule has 1 heterocycles. The molecule has 0 spiro atoms. The average molecular weight is 383 g/mol. The van der Waals surface area contributed by atoms with E-state index >= 15 is 0 Å². The van der Waals surface area contributed by atoms with Crippen LogP contribution in [0.15, 0.2) is 42.5 Å². The molecule has 150 valence electrons. The predicted octanol–water partition coefficient (Wildman–Crippen LogP) is 4.56. The fourth-order valence-electron chi connectivity index (χ4n) is 3.36. The molecule has 0 saturated carbocycles. The third-order valence-corrected chi connectivity index (χ3v) is 5.07. The van der Waals surface area contributed by atoms with Crippen molar-refractivity contribution in [2.75, 3.05) is 20.3 Å². The molecule has 5 nitrogen and oxygen atoms in total. The molecule has 0 aromatic heterocycles. The minimum Gasteiger partial charge on any atom is -0.486 e. The summed E-state index contributed by atoms with van der Waals surface area (Å²) in [5.74, 6) is 1.74. The molecule has 0 bridgehead atoms. The molecule has 1 atom stereocenters. The second kappa shape index (κ2) is 9.00. The summed E-state index contributed by atoms with van der Waals surface area (Å²) in [5.41, 5.74) is 3.44. The molecule has 0 fully saturated rings. The predicted molar refractivity (Wildman–Crippen MR) is 111 cm³/mol. The highest BCUT2D eigenvalue weighted by Crippen LogP contribution is 2.34. The monoisotopic (exact) mass is 382 g/mol. The highest BCUT2D eigenvalue weighted by Gasteiger charge is 2.23. The Morgan fingerprint density at radius 3 is 2.32 bits per heavy atom. The van der Waals surface area contributed by atoms with Gasteiger partial charge in [0.15, 0.2) is 11.5 Å². The van der Waals surface area contributed by atoms with Crippen molar-refractivity contribution < 1.29 is 14.3 Å². The summed E-state index contributed by atoms with van der Waals surface area (Å²) < 4.78 is 11.3. The number of ether oxygens (including phenoxy) is 2. The Kier molecular flexibility index (Phi) is 6.45. The number of aryl methyl sites for hydroxylation is 1. The van der Waals surface area contributed by atoms with Crippen molar-refractivity contribution in [1.82, 2.24) is 10.2 Å². The normalized spacial score (nSPS) is 13.9. The van der Waals surface area contributed by atoms with Gasteiger partial charge in [-0.3, -0.25) is 0 Å². The van der Waals surface area contributed by atoms with Crippen molar-refractivity contribution in [3.63, 3.8) is 0 Å². The summed E-state index contributed by atoms with van der Waals surface area (Å²) in [6.07, 6.45) is 1.02. The van der Waals surface area contributed by atoms with Crippen molar-refractivity contribution in [2.24, 2.45) is 5.92 Å². The lowest BCUT2D eigenvalue weighted by Gasteiger charge is -2.28. The first-order valence-corrected chi connectivity index (χ1v) is 9.97. The molecule has 1 aliphatic heterocycles. The summed E-state index contributed by atoms with van der Waals surface area (Å²) in [6, 6.07) is 14.1. The average Bonchev–Trinajstić information content (AvgIpc) is 2.71. The zero-order chi connectivity index (χ0) is 20.1. The van der Waals surface area contributed by atoms with Gasteiger partial charge in [-0.05, 0) is 41.2 Å². The van der Waals surface area contributed by atoms with Crippen LogP contribution in [-0.2, 0) is 13.0 Å². The zero-order valence-electron chi connectivity index (χ0n) is 17.2. The Morgan fingerprint density at radius 1 is 1.04 bits per heavy atom. The Labute approximate surface area is 167 Å². The molecule has 0 saturated heterocycles. The Bertz CT molecular complexity index is 802. The van der Waals surface area contributed by atoms with Crippen LogP contribution < -0.4 is 14.8 Å². The first kappa shape index (κ1) is 20.1. The number of hydrogen-bond donors (Lipinski definition) is 1. The molecule has 2 aromatic carbocycles. The lowest BCUT2D eigenvalue weighted by atomic mass is 9.95. The van der Waals surface area contributed by atoms with Crippen molar-refractivity contribution in [3.8, 4) is 11.5 Å². The third-order valence-electron chi connectivity index (χ3n) is 5.07. The standard InChI is InChI=1S/C23H30N2O3/c1-5-17-6-8-18(9-7-17)15-25(4)23(26)24-22(16(2)3)19-10-11-20-21(14-19)28-13-12-27-20/h6-11,14,16,22H,5,12-13,15H2,1-4H3,(H,24,26)/t22-/m1/s1. The van der Waals surface area contributed by atoms with E-state index in [9.17, 15) is 4.79 Å². The molecule has 1 N–H and O–H groups in total. The van der Waals surface area contributed by atoms with Crippen molar-refractivity contribution in [2.45, 2.75) is 39.8 Å². The van der Waals surface area contributed by atoms with E-state index in [1.807, 2.05) is 25.2 Å². The van der Waals surface area contributed by atoms with E-state index in [1.165, 1.54) is 5.56 Å². The number of hydrogen-bond acceptors (Lipinski definition) is 3. The highest BCUT2D eigenvalue weighted by molar-refractivity contribution is 5.74. The van der Waals surface area contributed by atoms with Gasteiger partial charge in [0.1, 0.15) is 13.2 Å². The molecular formula is C23H30N2O3. The molecule has 0 unspecified atom stereocenters.